The fourth-order valence-electron chi connectivity index (χ4n) is 3.68. The molecule has 0 radical (unpaired) electrons. The number of hydrogen-bond acceptors (Lipinski definition) is 4. The number of aliphatic hydroxyl groups is 1. The van der Waals surface area contributed by atoms with Crippen LogP contribution in [0, 0.1) is 5.92 Å². The Hall–Kier alpha value is -1.76. The number of nitrogens with zero attached hydrogens (tertiary/aromatic N) is 2. The Morgan fingerprint density at radius 1 is 1.42 bits per heavy atom. The largest absolute Gasteiger partial charge is 0.472 e. The van der Waals surface area contributed by atoms with Crippen molar-refractivity contribution < 1.29 is 23.4 Å². The van der Waals surface area contributed by atoms with Gasteiger partial charge in [-0.2, -0.15) is 0 Å². The minimum absolute atomic E-state index is 0.0207. The number of fused-ring (bicyclic) bond motifs is 1. The van der Waals surface area contributed by atoms with Gasteiger partial charge in [0.2, 0.25) is 5.88 Å². The van der Waals surface area contributed by atoms with E-state index in [9.17, 15) is 18.7 Å². The number of rotatable bonds is 4. The van der Waals surface area contributed by atoms with Crippen molar-refractivity contribution >= 4 is 5.91 Å². The number of likely N-dealkylation sites (tertiary alicyclic amines) is 1. The molecular weight excluding hydrogens is 318 g/mol. The maximum absolute atomic E-state index is 12.6. The number of hydrogen-bond donors (Lipinski definition) is 1. The Labute approximate surface area is 139 Å². The molecule has 1 aliphatic carbocycles. The van der Waals surface area contributed by atoms with E-state index in [1.54, 1.807) is 17.0 Å². The van der Waals surface area contributed by atoms with E-state index in [0.29, 0.717) is 19.5 Å². The summed E-state index contributed by atoms with van der Waals surface area (Å²) < 4.78 is 29.3. The van der Waals surface area contributed by atoms with Gasteiger partial charge < -0.3 is 14.7 Å². The molecule has 7 heteroatoms. The van der Waals surface area contributed by atoms with Gasteiger partial charge in [0.1, 0.15) is 5.69 Å². The number of aromatic nitrogens is 1. The molecule has 1 aromatic heterocycles. The monoisotopic (exact) mass is 340 g/mol. The summed E-state index contributed by atoms with van der Waals surface area (Å²) >= 11 is 0. The van der Waals surface area contributed by atoms with E-state index in [2.05, 4.69) is 4.98 Å². The predicted molar refractivity (Wildman–Crippen MR) is 83.2 cm³/mol. The zero-order valence-electron chi connectivity index (χ0n) is 13.5. The van der Waals surface area contributed by atoms with E-state index in [1.807, 2.05) is 0 Å². The Kier molecular flexibility index (Phi) is 4.99. The van der Waals surface area contributed by atoms with Crippen LogP contribution in [0.2, 0.25) is 0 Å². The van der Waals surface area contributed by atoms with E-state index >= 15 is 0 Å². The molecule has 1 saturated heterocycles. The lowest BCUT2D eigenvalue weighted by atomic mass is 9.71. The van der Waals surface area contributed by atoms with Crippen molar-refractivity contribution in [2.75, 3.05) is 19.7 Å². The van der Waals surface area contributed by atoms with Crippen molar-refractivity contribution in [1.82, 2.24) is 9.88 Å². The molecule has 2 aliphatic rings. The van der Waals surface area contributed by atoms with Crippen LogP contribution >= 0.6 is 0 Å². The normalized spacial score (nSPS) is 27.0. The molecule has 0 spiro atoms. The molecule has 2 atom stereocenters. The zero-order valence-corrected chi connectivity index (χ0v) is 13.5. The molecule has 0 aromatic carbocycles. The first-order chi connectivity index (χ1) is 11.5. The van der Waals surface area contributed by atoms with Crippen LogP contribution < -0.4 is 4.74 Å². The fourth-order valence-corrected chi connectivity index (χ4v) is 3.68. The number of halogens is 2. The molecule has 24 heavy (non-hydrogen) atoms. The highest BCUT2D eigenvalue weighted by atomic mass is 19.3. The van der Waals surface area contributed by atoms with Crippen molar-refractivity contribution in [1.29, 1.82) is 0 Å². The van der Waals surface area contributed by atoms with E-state index < -0.39 is 18.6 Å². The van der Waals surface area contributed by atoms with Crippen molar-refractivity contribution in [3.63, 3.8) is 0 Å². The number of piperidine rings is 1. The first-order valence-corrected chi connectivity index (χ1v) is 8.37. The van der Waals surface area contributed by atoms with Crippen molar-refractivity contribution in [2.24, 2.45) is 5.92 Å². The molecule has 1 N–H and O–H groups in total. The van der Waals surface area contributed by atoms with E-state index in [4.69, 9.17) is 4.74 Å². The average molecular weight is 340 g/mol. The molecule has 2 unspecified atom stereocenters. The SMILES string of the molecule is O=C(c1cccc(OCC(F)F)n1)N1CCC2(O)CCCCC2C1. The van der Waals surface area contributed by atoms with Gasteiger partial charge in [0, 0.05) is 25.1 Å². The maximum atomic E-state index is 12.6. The fraction of sp³-hybridized carbons (Fsp3) is 0.647. The molecule has 1 saturated carbocycles. The summed E-state index contributed by atoms with van der Waals surface area (Å²) in [6.07, 6.45) is 1.82. The molecule has 0 bridgehead atoms. The number of carbonyl (C=O) groups excluding carboxylic acids is 1. The van der Waals surface area contributed by atoms with Crippen LogP contribution in [-0.2, 0) is 0 Å². The molecule has 1 amide bonds. The third-order valence-corrected chi connectivity index (χ3v) is 5.01. The van der Waals surface area contributed by atoms with E-state index in [0.717, 1.165) is 25.7 Å². The van der Waals surface area contributed by atoms with Crippen LogP contribution in [0.25, 0.3) is 0 Å². The summed E-state index contributed by atoms with van der Waals surface area (Å²) in [5, 5.41) is 10.7. The smallest absolute Gasteiger partial charge is 0.272 e. The Balaban J connectivity index is 1.67. The standard InChI is InChI=1S/C17H22F2N2O3/c18-14(19)11-24-15-6-3-5-13(20-15)16(22)21-9-8-17(23)7-2-1-4-12(17)10-21/h3,5-6,12,14,23H,1-2,4,7-11H2. The third-order valence-electron chi connectivity index (χ3n) is 5.01. The van der Waals surface area contributed by atoms with Crippen molar-refractivity contribution in [3.05, 3.63) is 23.9 Å². The quantitative estimate of drug-likeness (QED) is 0.915. The summed E-state index contributed by atoms with van der Waals surface area (Å²) in [5.41, 5.74) is -0.465. The molecule has 1 aliphatic heterocycles. The minimum atomic E-state index is -2.59. The van der Waals surface area contributed by atoms with Crippen LogP contribution in [0.4, 0.5) is 8.78 Å². The molecule has 1 aromatic rings. The van der Waals surface area contributed by atoms with Crippen LogP contribution in [0.3, 0.4) is 0 Å². The first-order valence-electron chi connectivity index (χ1n) is 8.37. The van der Waals surface area contributed by atoms with Crippen molar-refractivity contribution in [3.8, 4) is 5.88 Å². The third kappa shape index (κ3) is 3.66. The van der Waals surface area contributed by atoms with Gasteiger partial charge in [-0.25, -0.2) is 13.8 Å². The average Bonchev–Trinajstić information content (AvgIpc) is 2.59. The highest BCUT2D eigenvalue weighted by Crippen LogP contribution is 2.40. The molecule has 2 fully saturated rings. The molecular formula is C17H22F2N2O3. The number of pyridine rings is 1. The van der Waals surface area contributed by atoms with Crippen LogP contribution in [-0.4, -0.2) is 52.6 Å². The second-order valence-corrected chi connectivity index (χ2v) is 6.61. The van der Waals surface area contributed by atoms with Crippen LogP contribution in [0.15, 0.2) is 18.2 Å². The van der Waals surface area contributed by atoms with Gasteiger partial charge in [0.05, 0.1) is 5.60 Å². The predicted octanol–water partition coefficient (Wildman–Crippen LogP) is 2.49. The number of ether oxygens (including phenoxy) is 1. The molecule has 2 heterocycles. The van der Waals surface area contributed by atoms with Gasteiger partial charge in [0.25, 0.3) is 12.3 Å². The Bertz CT molecular complexity index is 599. The number of carbonyl (C=O) groups is 1. The lowest BCUT2D eigenvalue weighted by Crippen LogP contribution is -2.54. The zero-order chi connectivity index (χ0) is 17.2. The highest BCUT2D eigenvalue weighted by Gasteiger charge is 2.43. The second-order valence-electron chi connectivity index (χ2n) is 6.61. The molecule has 132 valence electrons. The van der Waals surface area contributed by atoms with Crippen molar-refractivity contribution in [2.45, 2.75) is 44.1 Å². The number of amides is 1. The maximum Gasteiger partial charge on any atom is 0.272 e. The summed E-state index contributed by atoms with van der Waals surface area (Å²) in [7, 11) is 0. The number of alkyl halides is 2. The minimum Gasteiger partial charge on any atom is -0.472 e. The lowest BCUT2D eigenvalue weighted by Gasteiger charge is -2.47. The van der Waals surface area contributed by atoms with Gasteiger partial charge in [-0.15, -0.1) is 0 Å². The van der Waals surface area contributed by atoms with Gasteiger partial charge in [-0.05, 0) is 25.3 Å². The van der Waals surface area contributed by atoms with Gasteiger partial charge in [0.15, 0.2) is 6.61 Å². The van der Waals surface area contributed by atoms with E-state index in [-0.39, 0.29) is 23.4 Å². The highest BCUT2D eigenvalue weighted by molar-refractivity contribution is 5.92. The molecule has 3 rings (SSSR count). The summed E-state index contributed by atoms with van der Waals surface area (Å²) in [5.74, 6) is -0.125. The van der Waals surface area contributed by atoms with Crippen LogP contribution in [0.5, 0.6) is 5.88 Å². The van der Waals surface area contributed by atoms with Gasteiger partial charge in [-0.3, -0.25) is 4.79 Å². The summed E-state index contributed by atoms with van der Waals surface area (Å²) in [6.45, 7) is 0.248. The van der Waals surface area contributed by atoms with Gasteiger partial charge in [-0.1, -0.05) is 18.9 Å². The summed E-state index contributed by atoms with van der Waals surface area (Å²) in [6, 6.07) is 4.58. The first kappa shape index (κ1) is 17.1. The topological polar surface area (TPSA) is 62.7 Å². The Morgan fingerprint density at radius 3 is 3.04 bits per heavy atom. The lowest BCUT2D eigenvalue weighted by molar-refractivity contribution is -0.0886. The summed E-state index contributed by atoms with van der Waals surface area (Å²) in [4.78, 5) is 18.4. The van der Waals surface area contributed by atoms with E-state index in [1.165, 1.54) is 6.07 Å². The van der Waals surface area contributed by atoms with Gasteiger partial charge >= 0.3 is 0 Å². The van der Waals surface area contributed by atoms with Crippen LogP contribution in [0.1, 0.15) is 42.6 Å². The Morgan fingerprint density at radius 2 is 2.25 bits per heavy atom. The second kappa shape index (κ2) is 7.01. The molecule has 5 nitrogen and oxygen atoms in total.